The van der Waals surface area contributed by atoms with Crippen LogP contribution in [-0.4, -0.2) is 40.6 Å². The van der Waals surface area contributed by atoms with Crippen LogP contribution < -0.4 is 5.32 Å². The molecule has 0 aliphatic heterocycles. The number of nitrogens with one attached hydrogen (secondary N) is 1. The van der Waals surface area contributed by atoms with Crippen molar-refractivity contribution in [2.24, 2.45) is 5.92 Å². The SMILES string of the molecule is CC(C)CC(C)NC(=O)N(C)C1(CC(=O)O)CCCCC1. The lowest BCUT2D eigenvalue weighted by Crippen LogP contribution is -2.56. The second kappa shape index (κ2) is 7.66. The topological polar surface area (TPSA) is 69.6 Å². The summed E-state index contributed by atoms with van der Waals surface area (Å²) in [6, 6.07) is -0.0447. The van der Waals surface area contributed by atoms with E-state index in [0.717, 1.165) is 38.5 Å². The molecule has 0 saturated heterocycles. The molecular formula is C16H30N2O3. The molecule has 0 heterocycles. The van der Waals surface area contributed by atoms with Gasteiger partial charge in [0.25, 0.3) is 0 Å². The Morgan fingerprint density at radius 2 is 1.76 bits per heavy atom. The van der Waals surface area contributed by atoms with Crippen LogP contribution in [0.3, 0.4) is 0 Å². The number of carboxylic acid groups (broad SMARTS) is 1. The van der Waals surface area contributed by atoms with Gasteiger partial charge >= 0.3 is 12.0 Å². The van der Waals surface area contributed by atoms with E-state index in [4.69, 9.17) is 0 Å². The summed E-state index contributed by atoms with van der Waals surface area (Å²) in [6.45, 7) is 6.25. The third kappa shape index (κ3) is 5.21. The van der Waals surface area contributed by atoms with E-state index in [9.17, 15) is 14.7 Å². The standard InChI is InChI=1S/C16H30N2O3/c1-12(2)10-13(3)17-15(21)18(4)16(11-14(19)20)8-6-5-7-9-16/h12-13H,5-11H2,1-4H3,(H,17,21)(H,19,20). The van der Waals surface area contributed by atoms with Crippen molar-refractivity contribution in [3.8, 4) is 0 Å². The molecule has 2 N–H and O–H groups in total. The van der Waals surface area contributed by atoms with Crippen LogP contribution in [0.25, 0.3) is 0 Å². The number of carbonyl (C=O) groups is 2. The van der Waals surface area contributed by atoms with Gasteiger partial charge in [0, 0.05) is 13.1 Å². The summed E-state index contributed by atoms with van der Waals surface area (Å²) in [4.78, 5) is 25.3. The van der Waals surface area contributed by atoms with E-state index >= 15 is 0 Å². The fourth-order valence-electron chi connectivity index (χ4n) is 3.41. The van der Waals surface area contributed by atoms with Gasteiger partial charge in [-0.15, -0.1) is 0 Å². The number of aliphatic carboxylic acids is 1. The average molecular weight is 298 g/mol. The first-order chi connectivity index (χ1) is 9.77. The van der Waals surface area contributed by atoms with Gasteiger partial charge in [-0.05, 0) is 32.1 Å². The van der Waals surface area contributed by atoms with E-state index in [1.54, 1.807) is 11.9 Å². The number of hydrogen-bond donors (Lipinski definition) is 2. The predicted octanol–water partition coefficient (Wildman–Crippen LogP) is 3.24. The van der Waals surface area contributed by atoms with Gasteiger partial charge in [0.15, 0.2) is 0 Å². The molecule has 0 bridgehead atoms. The quantitative estimate of drug-likeness (QED) is 0.791. The van der Waals surface area contributed by atoms with Gasteiger partial charge in [-0.1, -0.05) is 33.1 Å². The van der Waals surface area contributed by atoms with Gasteiger partial charge in [-0.2, -0.15) is 0 Å². The monoisotopic (exact) mass is 298 g/mol. The Balaban J connectivity index is 2.72. The lowest BCUT2D eigenvalue weighted by Gasteiger charge is -2.44. The fourth-order valence-corrected chi connectivity index (χ4v) is 3.41. The van der Waals surface area contributed by atoms with Crippen molar-refractivity contribution in [3.63, 3.8) is 0 Å². The Bertz CT molecular complexity index is 363. The average Bonchev–Trinajstić information content (AvgIpc) is 2.36. The molecule has 1 aliphatic rings. The minimum Gasteiger partial charge on any atom is -0.481 e. The number of carbonyl (C=O) groups excluding carboxylic acids is 1. The fraction of sp³-hybridized carbons (Fsp3) is 0.875. The summed E-state index contributed by atoms with van der Waals surface area (Å²) >= 11 is 0. The molecule has 0 aromatic rings. The first kappa shape index (κ1) is 17.8. The van der Waals surface area contributed by atoms with E-state index in [-0.39, 0.29) is 18.5 Å². The zero-order valence-corrected chi connectivity index (χ0v) is 13.8. The molecule has 2 amide bonds. The summed E-state index contributed by atoms with van der Waals surface area (Å²) in [7, 11) is 1.74. The molecule has 1 saturated carbocycles. The van der Waals surface area contributed by atoms with Crippen molar-refractivity contribution >= 4 is 12.0 Å². The Hall–Kier alpha value is -1.26. The zero-order chi connectivity index (χ0) is 16.0. The minimum atomic E-state index is -0.827. The maximum Gasteiger partial charge on any atom is 0.317 e. The Morgan fingerprint density at radius 1 is 1.19 bits per heavy atom. The molecule has 122 valence electrons. The molecule has 5 nitrogen and oxygen atoms in total. The highest BCUT2D eigenvalue weighted by Crippen LogP contribution is 2.36. The van der Waals surface area contributed by atoms with Crippen LogP contribution >= 0.6 is 0 Å². The largest absolute Gasteiger partial charge is 0.481 e. The smallest absolute Gasteiger partial charge is 0.317 e. The summed E-state index contributed by atoms with van der Waals surface area (Å²) in [5.41, 5.74) is -0.522. The molecule has 0 aromatic heterocycles. The summed E-state index contributed by atoms with van der Waals surface area (Å²) in [6.07, 6.45) is 5.63. The Labute approximate surface area is 128 Å². The zero-order valence-electron chi connectivity index (χ0n) is 13.8. The highest BCUT2D eigenvalue weighted by atomic mass is 16.4. The maximum absolute atomic E-state index is 12.4. The normalized spacial score (nSPS) is 19.1. The summed E-state index contributed by atoms with van der Waals surface area (Å²) in [5.74, 6) is -0.306. The second-order valence-corrected chi connectivity index (χ2v) is 6.89. The van der Waals surface area contributed by atoms with Crippen molar-refractivity contribution in [3.05, 3.63) is 0 Å². The molecule has 21 heavy (non-hydrogen) atoms. The van der Waals surface area contributed by atoms with Crippen LogP contribution in [0.5, 0.6) is 0 Å². The molecule has 5 heteroatoms. The van der Waals surface area contributed by atoms with Gasteiger partial charge in [-0.25, -0.2) is 4.79 Å². The molecule has 1 rings (SSSR count). The van der Waals surface area contributed by atoms with E-state index in [2.05, 4.69) is 19.2 Å². The predicted molar refractivity (Wildman–Crippen MR) is 83.3 cm³/mol. The molecule has 0 aromatic carbocycles. The highest BCUT2D eigenvalue weighted by Gasteiger charge is 2.40. The van der Waals surface area contributed by atoms with Crippen LogP contribution in [0.1, 0.15) is 65.7 Å². The second-order valence-electron chi connectivity index (χ2n) is 6.89. The third-order valence-corrected chi connectivity index (χ3v) is 4.48. The van der Waals surface area contributed by atoms with Gasteiger partial charge in [-0.3, -0.25) is 4.79 Å². The number of rotatable bonds is 6. The number of carboxylic acids is 1. The van der Waals surface area contributed by atoms with Crippen molar-refractivity contribution in [1.82, 2.24) is 10.2 Å². The molecule has 1 fully saturated rings. The summed E-state index contributed by atoms with van der Waals surface area (Å²) < 4.78 is 0. The van der Waals surface area contributed by atoms with Crippen LogP contribution in [-0.2, 0) is 4.79 Å². The van der Waals surface area contributed by atoms with E-state index < -0.39 is 11.5 Å². The lowest BCUT2D eigenvalue weighted by atomic mass is 9.78. The van der Waals surface area contributed by atoms with Crippen molar-refractivity contribution in [2.45, 2.75) is 77.3 Å². The van der Waals surface area contributed by atoms with Crippen molar-refractivity contribution < 1.29 is 14.7 Å². The van der Waals surface area contributed by atoms with E-state index in [1.807, 2.05) is 6.92 Å². The Morgan fingerprint density at radius 3 is 2.24 bits per heavy atom. The minimum absolute atomic E-state index is 0.0372. The molecule has 1 aliphatic carbocycles. The summed E-state index contributed by atoms with van der Waals surface area (Å²) in [5, 5.41) is 12.2. The van der Waals surface area contributed by atoms with Crippen LogP contribution in [0.4, 0.5) is 4.79 Å². The number of hydrogen-bond acceptors (Lipinski definition) is 2. The third-order valence-electron chi connectivity index (χ3n) is 4.48. The molecule has 1 unspecified atom stereocenters. The van der Waals surface area contributed by atoms with Crippen LogP contribution in [0.15, 0.2) is 0 Å². The number of nitrogens with zero attached hydrogens (tertiary/aromatic N) is 1. The molecule has 0 radical (unpaired) electrons. The van der Waals surface area contributed by atoms with E-state index in [0.29, 0.717) is 5.92 Å². The first-order valence-electron chi connectivity index (χ1n) is 8.03. The first-order valence-corrected chi connectivity index (χ1v) is 8.03. The maximum atomic E-state index is 12.4. The molecule has 1 atom stereocenters. The van der Waals surface area contributed by atoms with E-state index in [1.165, 1.54) is 0 Å². The van der Waals surface area contributed by atoms with Gasteiger partial charge in [0.2, 0.25) is 0 Å². The van der Waals surface area contributed by atoms with Crippen molar-refractivity contribution in [2.75, 3.05) is 7.05 Å². The van der Waals surface area contributed by atoms with Gasteiger partial charge in [0.05, 0.1) is 12.0 Å². The highest BCUT2D eigenvalue weighted by molar-refractivity contribution is 5.77. The van der Waals surface area contributed by atoms with Gasteiger partial charge in [0.1, 0.15) is 0 Å². The van der Waals surface area contributed by atoms with Gasteiger partial charge < -0.3 is 15.3 Å². The molecule has 0 spiro atoms. The molecular weight excluding hydrogens is 268 g/mol. The van der Waals surface area contributed by atoms with Crippen LogP contribution in [0, 0.1) is 5.92 Å². The number of amides is 2. The Kier molecular flexibility index (Phi) is 6.49. The van der Waals surface area contributed by atoms with Crippen molar-refractivity contribution in [1.29, 1.82) is 0 Å². The van der Waals surface area contributed by atoms with Crippen LogP contribution in [0.2, 0.25) is 0 Å². The lowest BCUT2D eigenvalue weighted by molar-refractivity contribution is -0.140. The number of urea groups is 1.